The van der Waals surface area contributed by atoms with Gasteiger partial charge >= 0.3 is 0 Å². The van der Waals surface area contributed by atoms with E-state index in [1.54, 1.807) is 0 Å². The van der Waals surface area contributed by atoms with Crippen molar-refractivity contribution in [1.29, 1.82) is 0 Å². The first-order chi connectivity index (χ1) is 9.63. The highest BCUT2D eigenvalue weighted by Gasteiger charge is 2.30. The molecule has 1 aromatic rings. The zero-order valence-electron chi connectivity index (χ0n) is 12.6. The second-order valence-electron chi connectivity index (χ2n) is 5.54. The molecule has 0 aliphatic carbocycles. The van der Waals surface area contributed by atoms with Crippen molar-refractivity contribution in [2.24, 2.45) is 0 Å². The van der Waals surface area contributed by atoms with Gasteiger partial charge in [0.05, 0.1) is 6.54 Å². The third kappa shape index (κ3) is 3.55. The molecule has 3 nitrogen and oxygen atoms in total. The molecule has 0 bridgehead atoms. The predicted molar refractivity (Wildman–Crippen MR) is 86.0 cm³/mol. The van der Waals surface area contributed by atoms with Gasteiger partial charge in [-0.25, -0.2) is 0 Å². The number of carbonyl (C=O) groups is 1. The van der Waals surface area contributed by atoms with E-state index in [1.807, 2.05) is 16.7 Å². The lowest BCUT2D eigenvalue weighted by molar-refractivity contribution is -0.128. The molecule has 1 fully saturated rings. The molecule has 110 valence electrons. The summed E-state index contributed by atoms with van der Waals surface area (Å²) in [6, 6.07) is 8.63. The highest BCUT2D eigenvalue weighted by atomic mass is 32.2. The van der Waals surface area contributed by atoms with Crippen molar-refractivity contribution in [2.45, 2.75) is 32.4 Å². The Hall–Kier alpha value is -1.00. The number of benzene rings is 1. The van der Waals surface area contributed by atoms with Gasteiger partial charge in [-0.1, -0.05) is 38.1 Å². The number of nitrogens with zero attached hydrogens (tertiary/aromatic N) is 1. The first-order valence-electron chi connectivity index (χ1n) is 7.25. The molecule has 0 saturated carbocycles. The lowest BCUT2D eigenvalue weighted by Gasteiger charge is -2.25. The van der Waals surface area contributed by atoms with E-state index < -0.39 is 0 Å². The van der Waals surface area contributed by atoms with E-state index >= 15 is 0 Å². The Bertz CT molecular complexity index is 444. The third-order valence-corrected chi connectivity index (χ3v) is 4.44. The fourth-order valence-corrected chi connectivity index (χ4v) is 2.95. The molecular formula is C16H24N2OS. The molecule has 1 aliphatic heterocycles. The average molecular weight is 292 g/mol. The van der Waals surface area contributed by atoms with Crippen LogP contribution in [0, 0.1) is 0 Å². The van der Waals surface area contributed by atoms with E-state index in [9.17, 15) is 4.79 Å². The van der Waals surface area contributed by atoms with Crippen molar-refractivity contribution >= 4 is 17.7 Å². The van der Waals surface area contributed by atoms with Gasteiger partial charge < -0.3 is 4.90 Å². The van der Waals surface area contributed by atoms with E-state index in [-0.39, 0.29) is 12.1 Å². The molecule has 1 aromatic carbocycles. The van der Waals surface area contributed by atoms with Crippen LogP contribution in [-0.2, 0) is 4.79 Å². The van der Waals surface area contributed by atoms with Crippen molar-refractivity contribution < 1.29 is 4.79 Å². The maximum absolute atomic E-state index is 12.0. The molecule has 1 atom stereocenters. The van der Waals surface area contributed by atoms with E-state index in [2.05, 4.69) is 49.7 Å². The smallest absolute Gasteiger partial charge is 0.238 e. The largest absolute Gasteiger partial charge is 0.322 e. The van der Waals surface area contributed by atoms with E-state index in [0.717, 1.165) is 18.7 Å². The summed E-state index contributed by atoms with van der Waals surface area (Å²) < 4.78 is 0. The van der Waals surface area contributed by atoms with Crippen molar-refractivity contribution in [3.63, 3.8) is 0 Å². The van der Waals surface area contributed by atoms with Gasteiger partial charge in [0, 0.05) is 6.54 Å². The van der Waals surface area contributed by atoms with E-state index in [1.165, 1.54) is 11.1 Å². The Morgan fingerprint density at radius 1 is 1.35 bits per heavy atom. The van der Waals surface area contributed by atoms with Crippen molar-refractivity contribution in [1.82, 2.24) is 10.2 Å². The number of thioether (sulfide) groups is 1. The minimum atomic E-state index is 0.0468. The molecule has 2 rings (SSSR count). The number of amides is 1. The molecule has 4 heteroatoms. The second-order valence-corrected chi connectivity index (χ2v) is 6.52. The van der Waals surface area contributed by atoms with Crippen LogP contribution in [0.2, 0.25) is 0 Å². The van der Waals surface area contributed by atoms with Crippen LogP contribution in [0.1, 0.15) is 43.5 Å². The van der Waals surface area contributed by atoms with Crippen LogP contribution < -0.4 is 5.32 Å². The Morgan fingerprint density at radius 3 is 2.65 bits per heavy atom. The Labute approximate surface area is 126 Å². The lowest BCUT2D eigenvalue weighted by atomic mass is 10.0. The second kappa shape index (κ2) is 7.14. The maximum Gasteiger partial charge on any atom is 0.238 e. The van der Waals surface area contributed by atoms with Gasteiger partial charge in [0.25, 0.3) is 0 Å². The quantitative estimate of drug-likeness (QED) is 0.818. The predicted octanol–water partition coefficient (Wildman–Crippen LogP) is 2.99. The molecule has 1 heterocycles. The molecule has 0 radical (unpaired) electrons. The maximum atomic E-state index is 12.0. The van der Waals surface area contributed by atoms with Gasteiger partial charge in [-0.2, -0.15) is 11.8 Å². The summed E-state index contributed by atoms with van der Waals surface area (Å²) in [6.07, 6.45) is 3.20. The number of rotatable bonds is 6. The fourth-order valence-electron chi connectivity index (χ4n) is 2.53. The molecule has 1 amide bonds. The highest BCUT2D eigenvalue weighted by molar-refractivity contribution is 7.98. The van der Waals surface area contributed by atoms with Crippen LogP contribution in [0.15, 0.2) is 24.3 Å². The van der Waals surface area contributed by atoms with Crippen LogP contribution in [-0.4, -0.2) is 35.9 Å². The summed E-state index contributed by atoms with van der Waals surface area (Å²) in [4.78, 5) is 14.0. The molecule has 1 N–H and O–H groups in total. The fraction of sp³-hybridized carbons (Fsp3) is 0.562. The third-order valence-electron chi connectivity index (χ3n) is 3.75. The molecular weight excluding hydrogens is 268 g/mol. The Morgan fingerprint density at radius 2 is 2.05 bits per heavy atom. The van der Waals surface area contributed by atoms with Crippen molar-refractivity contribution in [3.05, 3.63) is 35.4 Å². The molecule has 0 spiro atoms. The van der Waals surface area contributed by atoms with Gasteiger partial charge in [-0.05, 0) is 35.5 Å². The molecule has 1 unspecified atom stereocenters. The molecule has 1 aliphatic rings. The van der Waals surface area contributed by atoms with Gasteiger partial charge in [0.15, 0.2) is 0 Å². The summed E-state index contributed by atoms with van der Waals surface area (Å²) in [7, 11) is 0. The van der Waals surface area contributed by atoms with Gasteiger partial charge in [-0.3, -0.25) is 10.1 Å². The molecule has 0 aromatic heterocycles. The van der Waals surface area contributed by atoms with Crippen LogP contribution >= 0.6 is 11.8 Å². The molecule has 20 heavy (non-hydrogen) atoms. The van der Waals surface area contributed by atoms with Gasteiger partial charge in [0.1, 0.15) is 6.17 Å². The number of hydrogen-bond donors (Lipinski definition) is 1. The minimum absolute atomic E-state index is 0.0468. The average Bonchev–Trinajstić information content (AvgIpc) is 2.81. The summed E-state index contributed by atoms with van der Waals surface area (Å²) in [5, 5.41) is 3.32. The first-order valence-corrected chi connectivity index (χ1v) is 8.64. The highest BCUT2D eigenvalue weighted by Crippen LogP contribution is 2.24. The summed E-state index contributed by atoms with van der Waals surface area (Å²) in [6.45, 7) is 5.68. The number of carbonyl (C=O) groups excluding carboxylic acids is 1. The van der Waals surface area contributed by atoms with E-state index in [0.29, 0.717) is 12.5 Å². The standard InChI is InChI=1S/C16H24N2OS/c1-12(2)13-5-7-14(8-6-13)16-17-11-15(19)18(16)9-4-10-20-3/h5-8,12,16-17H,4,9-11H2,1-3H3. The normalized spacial score (nSPS) is 19.1. The van der Waals surface area contributed by atoms with Crippen LogP contribution in [0.4, 0.5) is 0 Å². The Balaban J connectivity index is 2.07. The first kappa shape index (κ1) is 15.4. The Kier molecular flexibility index (Phi) is 5.49. The minimum Gasteiger partial charge on any atom is -0.322 e. The van der Waals surface area contributed by atoms with Crippen LogP contribution in [0.5, 0.6) is 0 Å². The monoisotopic (exact) mass is 292 g/mol. The number of nitrogens with one attached hydrogen (secondary N) is 1. The van der Waals surface area contributed by atoms with Crippen LogP contribution in [0.3, 0.4) is 0 Å². The SMILES string of the molecule is CSCCCN1C(=O)CNC1c1ccc(C(C)C)cc1. The summed E-state index contributed by atoms with van der Waals surface area (Å²) in [5.41, 5.74) is 2.52. The summed E-state index contributed by atoms with van der Waals surface area (Å²) in [5.74, 6) is 1.85. The van der Waals surface area contributed by atoms with Crippen LogP contribution in [0.25, 0.3) is 0 Å². The summed E-state index contributed by atoms with van der Waals surface area (Å²) >= 11 is 1.83. The van der Waals surface area contributed by atoms with E-state index in [4.69, 9.17) is 0 Å². The zero-order valence-corrected chi connectivity index (χ0v) is 13.4. The zero-order chi connectivity index (χ0) is 14.5. The van der Waals surface area contributed by atoms with Crippen molar-refractivity contribution in [3.8, 4) is 0 Å². The van der Waals surface area contributed by atoms with Gasteiger partial charge in [-0.15, -0.1) is 0 Å². The van der Waals surface area contributed by atoms with Crippen molar-refractivity contribution in [2.75, 3.05) is 25.1 Å². The molecule has 1 saturated heterocycles. The van der Waals surface area contributed by atoms with Gasteiger partial charge in [0.2, 0.25) is 5.91 Å². The number of hydrogen-bond acceptors (Lipinski definition) is 3. The topological polar surface area (TPSA) is 32.3 Å². The lowest BCUT2D eigenvalue weighted by Crippen LogP contribution is -2.31.